The van der Waals surface area contributed by atoms with Crippen LogP contribution in [0.1, 0.15) is 11.5 Å². The number of aromatic nitrogens is 2. The Bertz CT molecular complexity index is 583. The lowest BCUT2D eigenvalue weighted by molar-refractivity contribution is 0.181. The van der Waals surface area contributed by atoms with Crippen LogP contribution in [0.4, 0.5) is 0 Å². The third-order valence-electron chi connectivity index (χ3n) is 2.79. The van der Waals surface area contributed by atoms with E-state index in [9.17, 15) is 0 Å². The molecule has 0 amide bonds. The molecule has 7 nitrogen and oxygen atoms in total. The number of rotatable bonds is 6. The highest BCUT2D eigenvalue weighted by molar-refractivity contribution is 5.67. The van der Waals surface area contributed by atoms with E-state index >= 15 is 0 Å². The fourth-order valence-corrected chi connectivity index (χ4v) is 1.86. The van der Waals surface area contributed by atoms with Gasteiger partial charge >= 0.3 is 0 Å². The van der Waals surface area contributed by atoms with Gasteiger partial charge in [0, 0.05) is 18.7 Å². The molecule has 0 saturated carbocycles. The van der Waals surface area contributed by atoms with Gasteiger partial charge in [0.25, 0.3) is 0 Å². The molecule has 0 aliphatic rings. The molecular weight excluding hydrogens is 262 g/mol. The van der Waals surface area contributed by atoms with Crippen molar-refractivity contribution in [2.75, 3.05) is 21.3 Å². The van der Waals surface area contributed by atoms with Crippen molar-refractivity contribution in [3.05, 3.63) is 23.6 Å². The lowest BCUT2D eigenvalue weighted by atomic mass is 10.1. The molecule has 0 fully saturated rings. The van der Waals surface area contributed by atoms with Gasteiger partial charge in [-0.05, 0) is 6.07 Å². The van der Waals surface area contributed by atoms with Crippen LogP contribution < -0.4 is 15.2 Å². The summed E-state index contributed by atoms with van der Waals surface area (Å²) in [4.78, 5) is 4.20. The van der Waals surface area contributed by atoms with Gasteiger partial charge in [0.2, 0.25) is 11.7 Å². The van der Waals surface area contributed by atoms with Crippen LogP contribution in [0.25, 0.3) is 11.4 Å². The molecule has 0 aliphatic carbocycles. The van der Waals surface area contributed by atoms with Gasteiger partial charge in [0.15, 0.2) is 0 Å². The summed E-state index contributed by atoms with van der Waals surface area (Å²) in [5.41, 5.74) is 7.03. The Morgan fingerprint density at radius 1 is 1.15 bits per heavy atom. The SMILES string of the molecule is COCc1cc(-c2noc(CN)n2)c(OC)cc1OC. The van der Waals surface area contributed by atoms with E-state index in [-0.39, 0.29) is 6.54 Å². The van der Waals surface area contributed by atoms with E-state index in [1.54, 1.807) is 27.4 Å². The van der Waals surface area contributed by atoms with Gasteiger partial charge < -0.3 is 24.5 Å². The second kappa shape index (κ2) is 6.36. The van der Waals surface area contributed by atoms with E-state index < -0.39 is 0 Å². The first-order valence-electron chi connectivity index (χ1n) is 6.00. The Labute approximate surface area is 116 Å². The van der Waals surface area contributed by atoms with Crippen molar-refractivity contribution in [1.29, 1.82) is 0 Å². The first-order chi connectivity index (χ1) is 9.73. The lowest BCUT2D eigenvalue weighted by Crippen LogP contribution is -1.99. The van der Waals surface area contributed by atoms with Crippen molar-refractivity contribution in [2.45, 2.75) is 13.2 Å². The predicted molar refractivity (Wildman–Crippen MR) is 71.4 cm³/mol. The normalized spacial score (nSPS) is 10.6. The van der Waals surface area contributed by atoms with Crippen LogP contribution in [0.5, 0.6) is 11.5 Å². The smallest absolute Gasteiger partial charge is 0.240 e. The molecule has 1 heterocycles. The molecule has 0 aliphatic heterocycles. The third kappa shape index (κ3) is 2.73. The van der Waals surface area contributed by atoms with E-state index in [2.05, 4.69) is 10.1 Å². The van der Waals surface area contributed by atoms with Crippen LogP contribution >= 0.6 is 0 Å². The monoisotopic (exact) mass is 279 g/mol. The van der Waals surface area contributed by atoms with Crippen molar-refractivity contribution in [1.82, 2.24) is 10.1 Å². The van der Waals surface area contributed by atoms with Gasteiger partial charge in [-0.1, -0.05) is 5.16 Å². The van der Waals surface area contributed by atoms with Gasteiger partial charge in [-0.25, -0.2) is 0 Å². The zero-order chi connectivity index (χ0) is 14.5. The molecule has 0 bridgehead atoms. The van der Waals surface area contributed by atoms with Gasteiger partial charge in [-0.2, -0.15) is 4.98 Å². The van der Waals surface area contributed by atoms with Gasteiger partial charge in [-0.15, -0.1) is 0 Å². The second-order valence-electron chi connectivity index (χ2n) is 4.01. The van der Waals surface area contributed by atoms with Crippen LogP contribution in [0.15, 0.2) is 16.7 Å². The molecule has 1 aromatic carbocycles. The number of hydrogen-bond donors (Lipinski definition) is 1. The first-order valence-corrected chi connectivity index (χ1v) is 6.00. The van der Waals surface area contributed by atoms with Crippen LogP contribution in [0, 0.1) is 0 Å². The summed E-state index contributed by atoms with van der Waals surface area (Å²) >= 11 is 0. The molecule has 0 saturated heterocycles. The number of hydrogen-bond acceptors (Lipinski definition) is 7. The molecule has 108 valence electrons. The Morgan fingerprint density at radius 2 is 1.90 bits per heavy atom. The number of benzene rings is 1. The molecule has 2 rings (SSSR count). The summed E-state index contributed by atoms with van der Waals surface area (Å²) in [7, 11) is 4.77. The molecule has 0 unspecified atom stereocenters. The summed E-state index contributed by atoms with van der Waals surface area (Å²) in [6.07, 6.45) is 0. The fraction of sp³-hybridized carbons (Fsp3) is 0.385. The van der Waals surface area contributed by atoms with Crippen LogP contribution in [-0.4, -0.2) is 31.5 Å². The van der Waals surface area contributed by atoms with Gasteiger partial charge in [0.1, 0.15) is 11.5 Å². The van der Waals surface area contributed by atoms with E-state index in [0.717, 1.165) is 5.56 Å². The Morgan fingerprint density at radius 3 is 2.45 bits per heavy atom. The van der Waals surface area contributed by atoms with Crippen molar-refractivity contribution in [3.63, 3.8) is 0 Å². The Kier molecular flexibility index (Phi) is 4.54. The molecule has 0 spiro atoms. The summed E-state index contributed by atoms with van der Waals surface area (Å²) < 4.78 is 20.8. The maximum absolute atomic E-state index is 5.47. The Balaban J connectivity index is 2.52. The summed E-state index contributed by atoms with van der Waals surface area (Å²) in [6.45, 7) is 0.595. The molecule has 7 heteroatoms. The number of ether oxygens (including phenoxy) is 3. The molecule has 0 atom stereocenters. The highest BCUT2D eigenvalue weighted by atomic mass is 16.5. The average Bonchev–Trinajstić information content (AvgIpc) is 2.96. The van der Waals surface area contributed by atoms with Crippen molar-refractivity contribution >= 4 is 0 Å². The second-order valence-corrected chi connectivity index (χ2v) is 4.01. The quantitative estimate of drug-likeness (QED) is 0.853. The van der Waals surface area contributed by atoms with Gasteiger partial charge in [-0.3, -0.25) is 0 Å². The predicted octanol–water partition coefficient (Wildman–Crippen LogP) is 1.36. The summed E-state index contributed by atoms with van der Waals surface area (Å²) in [6, 6.07) is 3.62. The molecule has 2 N–H and O–H groups in total. The third-order valence-corrected chi connectivity index (χ3v) is 2.79. The van der Waals surface area contributed by atoms with E-state index in [1.807, 2.05) is 6.07 Å². The molecule has 0 radical (unpaired) electrons. The number of nitrogens with two attached hydrogens (primary N) is 1. The maximum atomic E-state index is 5.47. The van der Waals surface area contributed by atoms with Crippen molar-refractivity contribution in [2.24, 2.45) is 5.73 Å². The van der Waals surface area contributed by atoms with E-state index in [1.165, 1.54) is 0 Å². The lowest BCUT2D eigenvalue weighted by Gasteiger charge is -2.12. The number of methoxy groups -OCH3 is 3. The van der Waals surface area contributed by atoms with E-state index in [4.69, 9.17) is 24.5 Å². The zero-order valence-electron chi connectivity index (χ0n) is 11.7. The minimum Gasteiger partial charge on any atom is -0.496 e. The zero-order valence-corrected chi connectivity index (χ0v) is 11.7. The molecule has 2 aromatic rings. The standard InChI is InChI=1S/C13H17N3O4/c1-17-7-8-4-9(11(19-3)5-10(8)18-2)13-15-12(6-14)20-16-13/h4-5H,6-7,14H2,1-3H3. The van der Waals surface area contributed by atoms with Crippen molar-refractivity contribution < 1.29 is 18.7 Å². The largest absolute Gasteiger partial charge is 0.496 e. The Hall–Kier alpha value is -2.12. The number of nitrogens with zero attached hydrogens (tertiary/aromatic N) is 2. The first kappa shape index (κ1) is 14.3. The molecular formula is C13H17N3O4. The van der Waals surface area contributed by atoms with E-state index in [0.29, 0.717) is 35.4 Å². The highest BCUT2D eigenvalue weighted by Crippen LogP contribution is 2.35. The maximum Gasteiger partial charge on any atom is 0.240 e. The molecule has 1 aromatic heterocycles. The topological polar surface area (TPSA) is 92.6 Å². The van der Waals surface area contributed by atoms with Crippen LogP contribution in [0.3, 0.4) is 0 Å². The molecule has 20 heavy (non-hydrogen) atoms. The van der Waals surface area contributed by atoms with Crippen LogP contribution in [0.2, 0.25) is 0 Å². The highest BCUT2D eigenvalue weighted by Gasteiger charge is 2.17. The fourth-order valence-electron chi connectivity index (χ4n) is 1.86. The average molecular weight is 279 g/mol. The summed E-state index contributed by atoms with van der Waals surface area (Å²) in [5, 5.41) is 3.89. The van der Waals surface area contributed by atoms with Gasteiger partial charge in [0.05, 0.1) is 32.9 Å². The van der Waals surface area contributed by atoms with Crippen molar-refractivity contribution in [3.8, 4) is 22.9 Å². The summed E-state index contributed by atoms with van der Waals surface area (Å²) in [5.74, 6) is 2.05. The minimum atomic E-state index is 0.191. The van der Waals surface area contributed by atoms with Crippen LogP contribution in [-0.2, 0) is 17.9 Å². The minimum absolute atomic E-state index is 0.191.